The van der Waals surface area contributed by atoms with Crippen LogP contribution in [0.15, 0.2) is 12.1 Å². The van der Waals surface area contributed by atoms with Gasteiger partial charge >= 0.3 is 0 Å². The zero-order valence-corrected chi connectivity index (χ0v) is 10.5. The zero-order chi connectivity index (χ0) is 12.7. The Morgan fingerprint density at radius 1 is 1.12 bits per heavy atom. The second-order valence-electron chi connectivity index (χ2n) is 3.49. The number of rotatable bonds is 7. The van der Waals surface area contributed by atoms with Crippen LogP contribution in [0.5, 0.6) is 11.5 Å². The summed E-state index contributed by atoms with van der Waals surface area (Å²) in [5, 5.41) is 0. The van der Waals surface area contributed by atoms with Crippen molar-refractivity contribution in [1.29, 1.82) is 0 Å². The summed E-state index contributed by atoms with van der Waals surface area (Å²) < 4.78 is 15.8. The molecule has 0 aliphatic heterocycles. The Bertz CT molecular complexity index is 355. The topological polar surface area (TPSA) is 62.9 Å². The van der Waals surface area contributed by atoms with Gasteiger partial charge in [0, 0.05) is 12.7 Å². The maximum Gasteiger partial charge on any atom is 0.166 e. The monoisotopic (exact) mass is 241 g/mol. The van der Waals surface area contributed by atoms with E-state index in [-0.39, 0.29) is 0 Å². The maximum atomic E-state index is 5.36. The smallest absolute Gasteiger partial charge is 0.166 e. The highest BCUT2D eigenvalue weighted by atomic mass is 16.6. The van der Waals surface area contributed by atoms with E-state index in [2.05, 4.69) is 4.84 Å². The molecular weight excluding hydrogens is 222 g/mol. The highest BCUT2D eigenvalue weighted by Crippen LogP contribution is 2.34. The lowest BCUT2D eigenvalue weighted by Crippen LogP contribution is -2.08. The number of hydrogen-bond donors (Lipinski definition) is 1. The van der Waals surface area contributed by atoms with Gasteiger partial charge in [0.1, 0.15) is 0 Å². The Morgan fingerprint density at radius 3 is 2.41 bits per heavy atom. The highest BCUT2D eigenvalue weighted by molar-refractivity contribution is 5.50. The van der Waals surface area contributed by atoms with E-state index in [1.807, 2.05) is 12.1 Å². The van der Waals surface area contributed by atoms with Gasteiger partial charge in [0.15, 0.2) is 11.5 Å². The second-order valence-corrected chi connectivity index (χ2v) is 3.49. The van der Waals surface area contributed by atoms with Gasteiger partial charge in [-0.2, -0.15) is 0 Å². The van der Waals surface area contributed by atoms with Gasteiger partial charge < -0.3 is 19.0 Å². The van der Waals surface area contributed by atoms with E-state index in [9.17, 15) is 0 Å². The molecule has 17 heavy (non-hydrogen) atoms. The molecule has 1 aromatic rings. The summed E-state index contributed by atoms with van der Waals surface area (Å²) in [4.78, 5) is 4.60. The van der Waals surface area contributed by atoms with Crippen molar-refractivity contribution in [3.8, 4) is 11.5 Å². The molecule has 1 aromatic carbocycles. The zero-order valence-electron chi connectivity index (χ0n) is 10.5. The van der Waals surface area contributed by atoms with E-state index in [1.54, 1.807) is 21.3 Å². The molecule has 5 nitrogen and oxygen atoms in total. The molecule has 0 amide bonds. The van der Waals surface area contributed by atoms with Gasteiger partial charge in [-0.1, -0.05) is 6.07 Å². The van der Waals surface area contributed by atoms with Crippen LogP contribution >= 0.6 is 0 Å². The number of hydrogen-bond acceptors (Lipinski definition) is 5. The third-order valence-corrected chi connectivity index (χ3v) is 2.52. The summed E-state index contributed by atoms with van der Waals surface area (Å²) in [6.45, 7) is 0.909. The van der Waals surface area contributed by atoms with E-state index in [0.717, 1.165) is 11.1 Å². The third-order valence-electron chi connectivity index (χ3n) is 2.52. The van der Waals surface area contributed by atoms with Crippen molar-refractivity contribution >= 4 is 0 Å². The lowest BCUT2D eigenvalue weighted by Gasteiger charge is -2.16. The van der Waals surface area contributed by atoms with Crippen molar-refractivity contribution in [2.24, 2.45) is 5.90 Å². The van der Waals surface area contributed by atoms with E-state index in [0.29, 0.717) is 31.1 Å². The predicted molar refractivity (Wildman–Crippen MR) is 64.1 cm³/mol. The van der Waals surface area contributed by atoms with Crippen molar-refractivity contribution in [1.82, 2.24) is 0 Å². The number of methoxy groups -OCH3 is 3. The predicted octanol–water partition coefficient (Wildman–Crippen LogP) is 1.28. The molecule has 0 fully saturated rings. The summed E-state index contributed by atoms with van der Waals surface area (Å²) in [6, 6.07) is 3.83. The molecule has 0 aliphatic carbocycles. The minimum absolute atomic E-state index is 0.451. The summed E-state index contributed by atoms with van der Waals surface area (Å²) in [7, 11) is 4.86. The van der Waals surface area contributed by atoms with Crippen LogP contribution in [0.3, 0.4) is 0 Å². The summed E-state index contributed by atoms with van der Waals surface area (Å²) in [5.74, 6) is 6.43. The Kier molecular flexibility index (Phi) is 5.76. The van der Waals surface area contributed by atoms with Gasteiger partial charge in [0.25, 0.3) is 0 Å². The van der Waals surface area contributed by atoms with E-state index < -0.39 is 0 Å². The van der Waals surface area contributed by atoms with Gasteiger partial charge in [-0.15, -0.1) is 0 Å². The third kappa shape index (κ3) is 3.33. The standard InChI is InChI=1S/C12H19NO4/c1-14-8-10-9(6-7-17-13)4-5-11(15-2)12(10)16-3/h4-5H,6-8,13H2,1-3H3. The fraction of sp³-hybridized carbons (Fsp3) is 0.500. The van der Waals surface area contributed by atoms with Crippen LogP contribution in [0.1, 0.15) is 11.1 Å². The van der Waals surface area contributed by atoms with Gasteiger partial charge in [-0.3, -0.25) is 0 Å². The Hall–Kier alpha value is -1.30. The summed E-state index contributed by atoms with van der Waals surface area (Å²) in [6.07, 6.45) is 0.704. The molecular formula is C12H19NO4. The fourth-order valence-electron chi connectivity index (χ4n) is 1.74. The Labute approximate surface area is 101 Å². The first-order valence-electron chi connectivity index (χ1n) is 5.31. The van der Waals surface area contributed by atoms with E-state index in [1.165, 1.54) is 0 Å². The molecule has 5 heteroatoms. The molecule has 2 N–H and O–H groups in total. The SMILES string of the molecule is COCc1c(CCON)ccc(OC)c1OC. The molecule has 0 saturated carbocycles. The quantitative estimate of drug-likeness (QED) is 0.729. The fourth-order valence-corrected chi connectivity index (χ4v) is 1.74. The molecule has 0 saturated heterocycles. The number of ether oxygens (including phenoxy) is 3. The van der Waals surface area contributed by atoms with Gasteiger partial charge in [0.2, 0.25) is 0 Å². The molecule has 0 heterocycles. The summed E-state index contributed by atoms with van der Waals surface area (Å²) >= 11 is 0. The van der Waals surface area contributed by atoms with Crippen molar-refractivity contribution in [2.75, 3.05) is 27.9 Å². The average Bonchev–Trinajstić information content (AvgIpc) is 2.37. The minimum Gasteiger partial charge on any atom is -0.493 e. The number of benzene rings is 1. The first-order valence-corrected chi connectivity index (χ1v) is 5.31. The molecule has 96 valence electrons. The van der Waals surface area contributed by atoms with Gasteiger partial charge in [-0.05, 0) is 18.1 Å². The lowest BCUT2D eigenvalue weighted by molar-refractivity contribution is 0.139. The molecule has 1 rings (SSSR count). The molecule has 0 spiro atoms. The van der Waals surface area contributed by atoms with Crippen molar-refractivity contribution in [2.45, 2.75) is 13.0 Å². The van der Waals surface area contributed by atoms with E-state index >= 15 is 0 Å². The van der Waals surface area contributed by atoms with Crippen LogP contribution in [0.2, 0.25) is 0 Å². The van der Waals surface area contributed by atoms with Crippen LogP contribution in [0.4, 0.5) is 0 Å². The van der Waals surface area contributed by atoms with Crippen LogP contribution < -0.4 is 15.4 Å². The minimum atomic E-state index is 0.451. The number of nitrogens with two attached hydrogens (primary N) is 1. The van der Waals surface area contributed by atoms with Crippen LogP contribution in [-0.4, -0.2) is 27.9 Å². The van der Waals surface area contributed by atoms with Crippen molar-refractivity contribution < 1.29 is 19.0 Å². The largest absolute Gasteiger partial charge is 0.493 e. The van der Waals surface area contributed by atoms with Crippen molar-refractivity contribution in [3.05, 3.63) is 23.3 Å². The molecule has 0 radical (unpaired) electrons. The lowest BCUT2D eigenvalue weighted by atomic mass is 10.0. The first kappa shape index (κ1) is 13.8. The maximum absolute atomic E-state index is 5.36. The normalized spacial score (nSPS) is 10.4. The summed E-state index contributed by atoms with van der Waals surface area (Å²) in [5.41, 5.74) is 2.04. The van der Waals surface area contributed by atoms with Gasteiger partial charge in [0.05, 0.1) is 27.4 Å². The van der Waals surface area contributed by atoms with E-state index in [4.69, 9.17) is 20.1 Å². The van der Waals surface area contributed by atoms with Crippen LogP contribution in [-0.2, 0) is 22.6 Å². The molecule has 0 bridgehead atoms. The van der Waals surface area contributed by atoms with Crippen LogP contribution in [0.25, 0.3) is 0 Å². The van der Waals surface area contributed by atoms with Crippen molar-refractivity contribution in [3.63, 3.8) is 0 Å². The average molecular weight is 241 g/mol. The first-order chi connectivity index (χ1) is 8.28. The Morgan fingerprint density at radius 2 is 1.88 bits per heavy atom. The molecule has 0 aromatic heterocycles. The second kappa shape index (κ2) is 7.11. The molecule has 0 unspecified atom stereocenters. The Balaban J connectivity index is 3.11. The molecule has 0 atom stereocenters. The molecule has 0 aliphatic rings. The van der Waals surface area contributed by atoms with Crippen LogP contribution in [0, 0.1) is 0 Å². The van der Waals surface area contributed by atoms with Gasteiger partial charge in [-0.25, -0.2) is 5.90 Å². The highest BCUT2D eigenvalue weighted by Gasteiger charge is 2.14.